The number of pyridine rings is 1. The van der Waals surface area contributed by atoms with Crippen molar-refractivity contribution in [2.75, 3.05) is 0 Å². The van der Waals surface area contributed by atoms with Gasteiger partial charge in [0.15, 0.2) is 0 Å². The fourth-order valence-corrected chi connectivity index (χ4v) is 1.91. The van der Waals surface area contributed by atoms with E-state index in [1.165, 1.54) is 6.92 Å². The number of aromatic nitrogens is 1. The molecule has 1 rings (SSSR count). The predicted octanol–water partition coefficient (Wildman–Crippen LogP) is 1.88. The quantitative estimate of drug-likeness (QED) is 0.667. The first-order valence-corrected chi connectivity index (χ1v) is 5.06. The topological polar surface area (TPSA) is 42.0 Å². The summed E-state index contributed by atoms with van der Waals surface area (Å²) in [6, 6.07) is 3.86. The lowest BCUT2D eigenvalue weighted by molar-refractivity contribution is -0.119. The molecule has 1 aromatic heterocycles. The number of carbonyl (C=O) groups is 1. The minimum Gasteiger partial charge on any atom is -0.350 e. The summed E-state index contributed by atoms with van der Waals surface area (Å²) in [5.74, 6) is -0.0212. The molecule has 0 saturated heterocycles. The van der Waals surface area contributed by atoms with Gasteiger partial charge in [-0.25, -0.2) is 4.98 Å². The summed E-state index contributed by atoms with van der Waals surface area (Å²) in [6.45, 7) is 3.46. The van der Waals surface area contributed by atoms with Gasteiger partial charge in [-0.3, -0.25) is 4.79 Å². The Morgan fingerprint density at radius 1 is 1.69 bits per heavy atom. The second kappa shape index (κ2) is 4.55. The van der Waals surface area contributed by atoms with E-state index in [2.05, 4.69) is 32.9 Å². The van der Waals surface area contributed by atoms with Crippen LogP contribution in [0.5, 0.6) is 0 Å². The van der Waals surface area contributed by atoms with Crippen LogP contribution in [0, 0.1) is 3.70 Å². The molecule has 4 heteroatoms. The highest BCUT2D eigenvalue weighted by Gasteiger charge is 2.09. The van der Waals surface area contributed by atoms with Crippen LogP contribution in [0.15, 0.2) is 18.3 Å². The third-order valence-corrected chi connectivity index (χ3v) is 2.58. The van der Waals surface area contributed by atoms with Crippen molar-refractivity contribution in [2.24, 2.45) is 0 Å². The molecule has 1 unspecified atom stereocenters. The van der Waals surface area contributed by atoms with E-state index in [4.69, 9.17) is 0 Å². The van der Waals surface area contributed by atoms with Crippen LogP contribution in [-0.2, 0) is 4.79 Å². The van der Waals surface area contributed by atoms with Gasteiger partial charge < -0.3 is 5.32 Å². The first-order valence-electron chi connectivity index (χ1n) is 3.98. The van der Waals surface area contributed by atoms with Crippen LogP contribution in [0.4, 0.5) is 0 Å². The number of hydrogen-bond donors (Lipinski definition) is 1. The minimum atomic E-state index is -0.0212. The Morgan fingerprint density at radius 3 is 2.92 bits per heavy atom. The number of rotatable bonds is 2. The summed E-state index contributed by atoms with van der Waals surface area (Å²) < 4.78 is 0.932. The second-order valence-electron chi connectivity index (χ2n) is 2.81. The molecule has 0 aliphatic rings. The van der Waals surface area contributed by atoms with Crippen molar-refractivity contribution in [1.82, 2.24) is 10.3 Å². The van der Waals surface area contributed by atoms with E-state index in [1.807, 2.05) is 19.1 Å². The van der Waals surface area contributed by atoms with Crippen LogP contribution in [-0.4, -0.2) is 10.9 Å². The largest absolute Gasteiger partial charge is 0.350 e. The van der Waals surface area contributed by atoms with E-state index in [9.17, 15) is 4.79 Å². The Morgan fingerprint density at radius 2 is 2.38 bits per heavy atom. The van der Waals surface area contributed by atoms with Gasteiger partial charge >= 0.3 is 0 Å². The molecule has 13 heavy (non-hydrogen) atoms. The highest BCUT2D eigenvalue weighted by Crippen LogP contribution is 2.16. The highest BCUT2D eigenvalue weighted by molar-refractivity contribution is 14.1. The lowest BCUT2D eigenvalue weighted by atomic mass is 10.1. The molecule has 0 aliphatic heterocycles. The van der Waals surface area contributed by atoms with Gasteiger partial charge in [0, 0.05) is 18.7 Å². The van der Waals surface area contributed by atoms with Crippen molar-refractivity contribution in [2.45, 2.75) is 19.9 Å². The van der Waals surface area contributed by atoms with Gasteiger partial charge in [-0.2, -0.15) is 0 Å². The molecule has 1 atom stereocenters. The van der Waals surface area contributed by atoms with E-state index in [-0.39, 0.29) is 11.9 Å². The number of nitrogens with zero attached hydrogens (tertiary/aromatic N) is 1. The normalized spacial score (nSPS) is 12.2. The van der Waals surface area contributed by atoms with Crippen LogP contribution in [0.2, 0.25) is 0 Å². The van der Waals surface area contributed by atoms with Gasteiger partial charge in [-0.15, -0.1) is 0 Å². The molecule has 3 nitrogen and oxygen atoms in total. The van der Waals surface area contributed by atoms with Crippen molar-refractivity contribution in [3.63, 3.8) is 0 Å². The number of carbonyl (C=O) groups excluding carboxylic acids is 1. The molecular weight excluding hydrogens is 279 g/mol. The number of amides is 1. The Balaban J connectivity index is 2.82. The standard InChI is InChI=1S/C9H11IN2O/c1-6(12-7(2)13)8-4-3-5-11-9(8)10/h3-6H,1-2H3,(H,12,13). The van der Waals surface area contributed by atoms with Crippen LogP contribution in [0.1, 0.15) is 25.5 Å². The average molecular weight is 290 g/mol. The van der Waals surface area contributed by atoms with E-state index >= 15 is 0 Å². The molecule has 0 fully saturated rings. The van der Waals surface area contributed by atoms with Crippen LogP contribution in [0.25, 0.3) is 0 Å². The Hall–Kier alpha value is -0.650. The summed E-state index contributed by atoms with van der Waals surface area (Å²) in [5, 5.41) is 2.82. The molecule has 1 aromatic rings. The van der Waals surface area contributed by atoms with Gasteiger partial charge in [-0.1, -0.05) is 6.07 Å². The third kappa shape index (κ3) is 2.95. The molecule has 0 bridgehead atoms. The predicted molar refractivity (Wildman–Crippen MR) is 59.2 cm³/mol. The van der Waals surface area contributed by atoms with Crippen molar-refractivity contribution in [3.8, 4) is 0 Å². The van der Waals surface area contributed by atoms with Crippen LogP contribution >= 0.6 is 22.6 Å². The fourth-order valence-electron chi connectivity index (χ4n) is 1.10. The fraction of sp³-hybridized carbons (Fsp3) is 0.333. The molecule has 70 valence electrons. The van der Waals surface area contributed by atoms with Gasteiger partial charge in [0.2, 0.25) is 5.91 Å². The zero-order valence-electron chi connectivity index (χ0n) is 7.54. The smallest absolute Gasteiger partial charge is 0.217 e. The minimum absolute atomic E-state index is 0.0212. The molecule has 1 N–H and O–H groups in total. The van der Waals surface area contributed by atoms with E-state index in [1.54, 1.807) is 6.20 Å². The monoisotopic (exact) mass is 290 g/mol. The molecule has 0 saturated carbocycles. The lowest BCUT2D eigenvalue weighted by Gasteiger charge is -2.13. The Kier molecular flexibility index (Phi) is 3.65. The maximum absolute atomic E-state index is 10.8. The van der Waals surface area contributed by atoms with Crippen LogP contribution in [0.3, 0.4) is 0 Å². The highest BCUT2D eigenvalue weighted by atomic mass is 127. The summed E-state index contributed by atoms with van der Waals surface area (Å²) in [4.78, 5) is 14.9. The van der Waals surface area contributed by atoms with Gasteiger partial charge in [-0.05, 0) is 35.6 Å². The average Bonchev–Trinajstić information content (AvgIpc) is 2.03. The summed E-state index contributed by atoms with van der Waals surface area (Å²) >= 11 is 2.16. The van der Waals surface area contributed by atoms with Crippen LogP contribution < -0.4 is 5.32 Å². The zero-order chi connectivity index (χ0) is 9.84. The first kappa shape index (κ1) is 10.4. The second-order valence-corrected chi connectivity index (χ2v) is 3.83. The third-order valence-electron chi connectivity index (χ3n) is 1.67. The number of hydrogen-bond acceptors (Lipinski definition) is 2. The lowest BCUT2D eigenvalue weighted by Crippen LogP contribution is -2.24. The van der Waals surface area contributed by atoms with E-state index < -0.39 is 0 Å². The number of nitrogens with one attached hydrogen (secondary N) is 1. The molecule has 0 aromatic carbocycles. The van der Waals surface area contributed by atoms with Crippen molar-refractivity contribution in [1.29, 1.82) is 0 Å². The number of halogens is 1. The van der Waals surface area contributed by atoms with E-state index in [0.717, 1.165) is 9.26 Å². The van der Waals surface area contributed by atoms with Gasteiger partial charge in [0.25, 0.3) is 0 Å². The molecule has 0 radical (unpaired) electrons. The maximum Gasteiger partial charge on any atom is 0.217 e. The Bertz CT molecular complexity index is 314. The summed E-state index contributed by atoms with van der Waals surface area (Å²) in [5.41, 5.74) is 1.05. The van der Waals surface area contributed by atoms with Crippen molar-refractivity contribution >= 4 is 28.5 Å². The maximum atomic E-state index is 10.8. The molecule has 0 aliphatic carbocycles. The van der Waals surface area contributed by atoms with E-state index in [0.29, 0.717) is 0 Å². The SMILES string of the molecule is CC(=O)NC(C)c1cccnc1I. The molecule has 1 heterocycles. The first-order chi connectivity index (χ1) is 6.11. The van der Waals surface area contributed by atoms with Gasteiger partial charge in [0.05, 0.1) is 6.04 Å². The summed E-state index contributed by atoms with van der Waals surface area (Å²) in [7, 11) is 0. The van der Waals surface area contributed by atoms with Crippen molar-refractivity contribution in [3.05, 3.63) is 27.6 Å². The Labute approximate surface area is 91.1 Å². The summed E-state index contributed by atoms with van der Waals surface area (Å²) in [6.07, 6.45) is 1.74. The molecule has 1 amide bonds. The zero-order valence-corrected chi connectivity index (χ0v) is 9.70. The van der Waals surface area contributed by atoms with Gasteiger partial charge in [0.1, 0.15) is 3.70 Å². The molecule has 0 spiro atoms. The molecular formula is C9H11IN2O. The van der Waals surface area contributed by atoms with Crippen molar-refractivity contribution < 1.29 is 4.79 Å².